The highest BCUT2D eigenvalue weighted by Gasteiger charge is 2.10. The van der Waals surface area contributed by atoms with Crippen LogP contribution in [0.5, 0.6) is 0 Å². The first kappa shape index (κ1) is 12.0. The van der Waals surface area contributed by atoms with E-state index in [0.29, 0.717) is 26.4 Å². The van der Waals surface area contributed by atoms with Crippen LogP contribution in [-0.2, 0) is 14.2 Å². The second-order valence-electron chi connectivity index (χ2n) is 3.63. The quantitative estimate of drug-likeness (QED) is 0.640. The van der Waals surface area contributed by atoms with Gasteiger partial charge in [0.15, 0.2) is 6.29 Å². The summed E-state index contributed by atoms with van der Waals surface area (Å²) in [5.41, 5.74) is 0. The summed E-state index contributed by atoms with van der Waals surface area (Å²) in [6.45, 7) is 4.96. The molecule has 0 saturated carbocycles. The molecule has 0 aromatic heterocycles. The van der Waals surface area contributed by atoms with E-state index in [4.69, 9.17) is 14.2 Å². The number of unbranched alkanes of at least 4 members (excludes halogenated alkanes) is 3. The van der Waals surface area contributed by atoms with E-state index < -0.39 is 0 Å². The Morgan fingerprint density at radius 3 is 2.29 bits per heavy atom. The standard InChI is InChI=1S/C11H22O3/c1-2-3-4-5-6-11-13-9-7-12-8-10-14-11/h11H,2-10H2,1H3. The largest absolute Gasteiger partial charge is 0.377 e. The summed E-state index contributed by atoms with van der Waals surface area (Å²) in [4.78, 5) is 0. The van der Waals surface area contributed by atoms with Gasteiger partial charge in [-0.3, -0.25) is 0 Å². The first-order chi connectivity index (χ1) is 6.93. The fourth-order valence-electron chi connectivity index (χ4n) is 1.53. The highest BCUT2D eigenvalue weighted by molar-refractivity contribution is 4.50. The Morgan fingerprint density at radius 2 is 1.64 bits per heavy atom. The summed E-state index contributed by atoms with van der Waals surface area (Å²) in [5, 5.41) is 0. The Balaban J connectivity index is 2.02. The molecule has 0 spiro atoms. The van der Waals surface area contributed by atoms with Gasteiger partial charge >= 0.3 is 0 Å². The van der Waals surface area contributed by atoms with Gasteiger partial charge in [-0.2, -0.15) is 0 Å². The minimum Gasteiger partial charge on any atom is -0.377 e. The predicted molar refractivity (Wildman–Crippen MR) is 55.3 cm³/mol. The molecule has 0 aromatic rings. The second-order valence-corrected chi connectivity index (χ2v) is 3.63. The lowest BCUT2D eigenvalue weighted by Crippen LogP contribution is -2.25. The van der Waals surface area contributed by atoms with Gasteiger partial charge in [0.1, 0.15) is 0 Å². The molecule has 1 saturated heterocycles. The molecule has 0 N–H and O–H groups in total. The zero-order chi connectivity index (χ0) is 10.1. The van der Waals surface area contributed by atoms with E-state index in [2.05, 4.69) is 6.92 Å². The third kappa shape index (κ3) is 5.58. The van der Waals surface area contributed by atoms with Gasteiger partial charge in [0, 0.05) is 0 Å². The lowest BCUT2D eigenvalue weighted by Gasteiger charge is -2.21. The van der Waals surface area contributed by atoms with Crippen molar-refractivity contribution in [1.82, 2.24) is 0 Å². The number of ether oxygens (including phenoxy) is 3. The Kier molecular flexibility index (Phi) is 7.01. The van der Waals surface area contributed by atoms with E-state index >= 15 is 0 Å². The molecule has 1 aliphatic heterocycles. The van der Waals surface area contributed by atoms with Crippen LogP contribution in [0.3, 0.4) is 0 Å². The number of rotatable bonds is 5. The van der Waals surface area contributed by atoms with Crippen molar-refractivity contribution >= 4 is 0 Å². The molecule has 14 heavy (non-hydrogen) atoms. The van der Waals surface area contributed by atoms with Crippen molar-refractivity contribution in [2.24, 2.45) is 0 Å². The lowest BCUT2D eigenvalue weighted by atomic mass is 10.1. The van der Waals surface area contributed by atoms with Gasteiger partial charge in [0.05, 0.1) is 26.4 Å². The molecular weight excluding hydrogens is 180 g/mol. The van der Waals surface area contributed by atoms with Gasteiger partial charge in [-0.1, -0.05) is 26.2 Å². The zero-order valence-electron chi connectivity index (χ0n) is 9.17. The van der Waals surface area contributed by atoms with Crippen molar-refractivity contribution in [2.75, 3.05) is 26.4 Å². The van der Waals surface area contributed by atoms with Crippen LogP contribution in [0.2, 0.25) is 0 Å². The van der Waals surface area contributed by atoms with E-state index in [0.717, 1.165) is 6.42 Å². The minimum atomic E-state index is 0.00996. The van der Waals surface area contributed by atoms with Crippen LogP contribution in [0, 0.1) is 0 Å². The molecule has 1 fully saturated rings. The van der Waals surface area contributed by atoms with Crippen molar-refractivity contribution in [3.8, 4) is 0 Å². The minimum absolute atomic E-state index is 0.00996. The third-order valence-electron chi connectivity index (χ3n) is 2.36. The van der Waals surface area contributed by atoms with Gasteiger partial charge in [0.2, 0.25) is 0 Å². The van der Waals surface area contributed by atoms with Gasteiger partial charge in [-0.25, -0.2) is 0 Å². The Hall–Kier alpha value is -0.120. The molecule has 0 atom stereocenters. The summed E-state index contributed by atoms with van der Waals surface area (Å²) < 4.78 is 16.2. The molecule has 3 nitrogen and oxygen atoms in total. The van der Waals surface area contributed by atoms with Gasteiger partial charge < -0.3 is 14.2 Å². The van der Waals surface area contributed by atoms with Crippen molar-refractivity contribution in [3.05, 3.63) is 0 Å². The highest BCUT2D eigenvalue weighted by Crippen LogP contribution is 2.10. The molecule has 1 rings (SSSR count). The van der Waals surface area contributed by atoms with Crippen LogP contribution in [0.25, 0.3) is 0 Å². The van der Waals surface area contributed by atoms with Gasteiger partial charge in [-0.05, 0) is 12.8 Å². The smallest absolute Gasteiger partial charge is 0.157 e. The SMILES string of the molecule is CCCCCCC1OCCOCCO1. The van der Waals surface area contributed by atoms with E-state index in [1.54, 1.807) is 0 Å². The maximum atomic E-state index is 5.52. The third-order valence-corrected chi connectivity index (χ3v) is 2.36. The number of hydrogen-bond acceptors (Lipinski definition) is 3. The number of hydrogen-bond donors (Lipinski definition) is 0. The normalized spacial score (nSPS) is 20.4. The molecule has 0 aromatic carbocycles. The summed E-state index contributed by atoms with van der Waals surface area (Å²) >= 11 is 0. The Bertz CT molecular complexity index is 120. The summed E-state index contributed by atoms with van der Waals surface area (Å²) in [6, 6.07) is 0. The van der Waals surface area contributed by atoms with Gasteiger partial charge in [-0.15, -0.1) is 0 Å². The first-order valence-corrected chi connectivity index (χ1v) is 5.74. The predicted octanol–water partition coefficient (Wildman–Crippen LogP) is 2.35. The molecule has 3 heteroatoms. The van der Waals surface area contributed by atoms with Crippen LogP contribution in [0.15, 0.2) is 0 Å². The molecule has 84 valence electrons. The molecule has 0 bridgehead atoms. The summed E-state index contributed by atoms with van der Waals surface area (Å²) in [7, 11) is 0. The highest BCUT2D eigenvalue weighted by atomic mass is 16.7. The maximum absolute atomic E-state index is 5.52. The van der Waals surface area contributed by atoms with Crippen LogP contribution < -0.4 is 0 Å². The average molecular weight is 202 g/mol. The second kappa shape index (κ2) is 8.21. The van der Waals surface area contributed by atoms with Gasteiger partial charge in [0.25, 0.3) is 0 Å². The molecule has 0 aliphatic carbocycles. The van der Waals surface area contributed by atoms with E-state index in [-0.39, 0.29) is 6.29 Å². The van der Waals surface area contributed by atoms with Crippen LogP contribution in [-0.4, -0.2) is 32.7 Å². The van der Waals surface area contributed by atoms with E-state index in [9.17, 15) is 0 Å². The first-order valence-electron chi connectivity index (χ1n) is 5.74. The molecule has 0 amide bonds. The zero-order valence-corrected chi connectivity index (χ0v) is 9.17. The van der Waals surface area contributed by atoms with Crippen molar-refractivity contribution < 1.29 is 14.2 Å². The molecular formula is C11H22O3. The van der Waals surface area contributed by atoms with E-state index in [1.807, 2.05) is 0 Å². The summed E-state index contributed by atoms with van der Waals surface area (Å²) in [6.07, 6.45) is 6.13. The van der Waals surface area contributed by atoms with Crippen molar-refractivity contribution in [3.63, 3.8) is 0 Å². The fourth-order valence-corrected chi connectivity index (χ4v) is 1.53. The lowest BCUT2D eigenvalue weighted by molar-refractivity contribution is -0.180. The molecule has 0 unspecified atom stereocenters. The summed E-state index contributed by atoms with van der Waals surface area (Å²) in [5.74, 6) is 0. The average Bonchev–Trinajstić information content (AvgIpc) is 2.15. The molecule has 1 aliphatic rings. The van der Waals surface area contributed by atoms with Crippen molar-refractivity contribution in [1.29, 1.82) is 0 Å². The van der Waals surface area contributed by atoms with Crippen LogP contribution in [0.1, 0.15) is 39.0 Å². The van der Waals surface area contributed by atoms with Crippen molar-refractivity contribution in [2.45, 2.75) is 45.3 Å². The van der Waals surface area contributed by atoms with Crippen LogP contribution in [0.4, 0.5) is 0 Å². The molecule has 1 heterocycles. The maximum Gasteiger partial charge on any atom is 0.157 e. The van der Waals surface area contributed by atoms with E-state index in [1.165, 1.54) is 25.7 Å². The fraction of sp³-hybridized carbons (Fsp3) is 1.00. The monoisotopic (exact) mass is 202 g/mol. The Labute approximate surface area is 86.7 Å². The Morgan fingerprint density at radius 1 is 0.929 bits per heavy atom. The topological polar surface area (TPSA) is 27.7 Å². The molecule has 0 radical (unpaired) electrons. The van der Waals surface area contributed by atoms with Crippen LogP contribution >= 0.6 is 0 Å².